The molecule has 1 N–H and O–H groups in total. The minimum atomic E-state index is -0.432. The maximum Gasteiger partial charge on any atom is 0.343 e. The van der Waals surface area contributed by atoms with E-state index in [1.165, 1.54) is 0 Å². The van der Waals surface area contributed by atoms with Crippen LogP contribution < -0.4 is 4.74 Å². The summed E-state index contributed by atoms with van der Waals surface area (Å²) >= 11 is 6.00. The molecule has 112 valence electrons. The molecular formula is C18H11ClN2O2. The molecule has 2 heterocycles. The molecule has 0 aliphatic heterocycles. The summed E-state index contributed by atoms with van der Waals surface area (Å²) in [6.45, 7) is 0. The minimum absolute atomic E-state index is 0.432. The SMILES string of the molecule is O=C(Oc1c[nH]c2ccc(Cl)cc12)c1ccc2cccnc2c1. The number of aromatic nitrogens is 2. The Morgan fingerprint density at radius 1 is 1.13 bits per heavy atom. The van der Waals surface area contributed by atoms with Crippen molar-refractivity contribution in [2.24, 2.45) is 0 Å². The monoisotopic (exact) mass is 322 g/mol. The van der Waals surface area contributed by atoms with Gasteiger partial charge in [-0.25, -0.2) is 4.79 Å². The van der Waals surface area contributed by atoms with Gasteiger partial charge in [0.15, 0.2) is 5.75 Å². The summed E-state index contributed by atoms with van der Waals surface area (Å²) < 4.78 is 5.50. The summed E-state index contributed by atoms with van der Waals surface area (Å²) in [6.07, 6.45) is 3.34. The molecule has 2 aromatic carbocycles. The standard InChI is InChI=1S/C18H11ClN2O2/c19-13-5-6-15-14(9-13)17(10-21-15)23-18(22)12-4-3-11-2-1-7-20-16(11)8-12/h1-10,21H. The normalized spacial score (nSPS) is 11.0. The Hall–Kier alpha value is -2.85. The highest BCUT2D eigenvalue weighted by molar-refractivity contribution is 6.31. The molecule has 0 atom stereocenters. The van der Waals surface area contributed by atoms with Gasteiger partial charge in [-0.3, -0.25) is 4.98 Å². The van der Waals surface area contributed by atoms with Crippen molar-refractivity contribution < 1.29 is 9.53 Å². The molecule has 0 aliphatic carbocycles. The number of nitrogens with zero attached hydrogens (tertiary/aromatic N) is 1. The van der Waals surface area contributed by atoms with E-state index in [0.29, 0.717) is 16.3 Å². The molecule has 0 spiro atoms. The van der Waals surface area contributed by atoms with Crippen molar-refractivity contribution in [1.29, 1.82) is 0 Å². The second-order valence-electron chi connectivity index (χ2n) is 5.14. The second-order valence-corrected chi connectivity index (χ2v) is 5.58. The Kier molecular flexibility index (Phi) is 3.24. The third-order valence-electron chi connectivity index (χ3n) is 3.65. The Balaban J connectivity index is 1.69. The molecule has 0 saturated carbocycles. The van der Waals surface area contributed by atoms with Crippen molar-refractivity contribution in [3.8, 4) is 5.75 Å². The quantitative estimate of drug-likeness (QED) is 0.549. The van der Waals surface area contributed by atoms with Crippen molar-refractivity contribution >= 4 is 39.4 Å². The zero-order chi connectivity index (χ0) is 15.8. The molecule has 4 rings (SSSR count). The van der Waals surface area contributed by atoms with E-state index >= 15 is 0 Å². The first-order chi connectivity index (χ1) is 11.2. The van der Waals surface area contributed by atoms with Crippen LogP contribution in [0.25, 0.3) is 21.8 Å². The minimum Gasteiger partial charge on any atom is -0.421 e. The Morgan fingerprint density at radius 3 is 2.96 bits per heavy atom. The van der Waals surface area contributed by atoms with Gasteiger partial charge >= 0.3 is 5.97 Å². The largest absolute Gasteiger partial charge is 0.421 e. The molecule has 0 radical (unpaired) electrons. The number of hydrogen-bond donors (Lipinski definition) is 1. The van der Waals surface area contributed by atoms with Crippen LogP contribution in [0.3, 0.4) is 0 Å². The van der Waals surface area contributed by atoms with Gasteiger partial charge in [0.25, 0.3) is 0 Å². The van der Waals surface area contributed by atoms with E-state index in [0.717, 1.165) is 21.8 Å². The van der Waals surface area contributed by atoms with Crippen molar-refractivity contribution in [2.45, 2.75) is 0 Å². The lowest BCUT2D eigenvalue weighted by atomic mass is 10.1. The molecule has 0 bridgehead atoms. The molecule has 5 heteroatoms. The lowest BCUT2D eigenvalue weighted by molar-refractivity contribution is 0.0737. The number of hydrogen-bond acceptors (Lipinski definition) is 3. The maximum atomic E-state index is 12.4. The first-order valence-electron chi connectivity index (χ1n) is 7.04. The van der Waals surface area contributed by atoms with Gasteiger partial charge in [0, 0.05) is 33.7 Å². The zero-order valence-corrected chi connectivity index (χ0v) is 12.7. The number of benzene rings is 2. The highest BCUT2D eigenvalue weighted by Gasteiger charge is 2.13. The number of H-pyrrole nitrogens is 1. The average Bonchev–Trinajstić information content (AvgIpc) is 2.96. The van der Waals surface area contributed by atoms with Gasteiger partial charge in [-0.2, -0.15) is 0 Å². The van der Waals surface area contributed by atoms with Crippen LogP contribution in [0.1, 0.15) is 10.4 Å². The van der Waals surface area contributed by atoms with E-state index < -0.39 is 5.97 Å². The number of rotatable bonds is 2. The number of fused-ring (bicyclic) bond motifs is 2. The molecular weight excluding hydrogens is 312 g/mol. The molecule has 4 nitrogen and oxygen atoms in total. The summed E-state index contributed by atoms with van der Waals surface area (Å²) in [7, 11) is 0. The number of ether oxygens (including phenoxy) is 1. The van der Waals surface area contributed by atoms with E-state index in [-0.39, 0.29) is 0 Å². The number of carbonyl (C=O) groups excluding carboxylic acids is 1. The summed E-state index contributed by atoms with van der Waals surface area (Å²) in [5.74, 6) is 0.0204. The molecule has 0 saturated heterocycles. The van der Waals surface area contributed by atoms with Crippen LogP contribution >= 0.6 is 11.6 Å². The molecule has 0 unspecified atom stereocenters. The van der Waals surface area contributed by atoms with Gasteiger partial charge in [-0.15, -0.1) is 0 Å². The Morgan fingerprint density at radius 2 is 2.04 bits per heavy atom. The van der Waals surface area contributed by atoms with Gasteiger partial charge in [0.05, 0.1) is 11.1 Å². The highest BCUT2D eigenvalue weighted by atomic mass is 35.5. The predicted molar refractivity (Wildman–Crippen MR) is 90.0 cm³/mol. The second kappa shape index (κ2) is 5.41. The fourth-order valence-corrected chi connectivity index (χ4v) is 2.68. The van der Waals surface area contributed by atoms with Crippen molar-refractivity contribution in [3.05, 3.63) is 71.5 Å². The number of halogens is 1. The van der Waals surface area contributed by atoms with E-state index in [2.05, 4.69) is 9.97 Å². The van der Waals surface area contributed by atoms with Gasteiger partial charge in [0.2, 0.25) is 0 Å². The highest BCUT2D eigenvalue weighted by Crippen LogP contribution is 2.28. The van der Waals surface area contributed by atoms with Crippen LogP contribution in [-0.2, 0) is 0 Å². The van der Waals surface area contributed by atoms with Crippen molar-refractivity contribution in [1.82, 2.24) is 9.97 Å². The molecule has 2 aromatic heterocycles. The smallest absolute Gasteiger partial charge is 0.343 e. The van der Waals surface area contributed by atoms with Crippen LogP contribution in [-0.4, -0.2) is 15.9 Å². The van der Waals surface area contributed by atoms with Crippen molar-refractivity contribution in [3.63, 3.8) is 0 Å². The van der Waals surface area contributed by atoms with Crippen molar-refractivity contribution in [2.75, 3.05) is 0 Å². The van der Waals surface area contributed by atoms with Crippen LogP contribution in [0.15, 0.2) is 60.9 Å². The van der Waals surface area contributed by atoms with Gasteiger partial charge in [-0.1, -0.05) is 23.7 Å². The zero-order valence-electron chi connectivity index (χ0n) is 11.9. The predicted octanol–water partition coefficient (Wildman–Crippen LogP) is 4.59. The summed E-state index contributed by atoms with van der Waals surface area (Å²) in [6, 6.07) is 14.5. The average molecular weight is 323 g/mol. The van der Waals surface area contributed by atoms with E-state index in [1.807, 2.05) is 24.3 Å². The van der Waals surface area contributed by atoms with Crippen LogP contribution in [0.2, 0.25) is 5.02 Å². The van der Waals surface area contributed by atoms with E-state index in [1.54, 1.807) is 36.7 Å². The molecule has 23 heavy (non-hydrogen) atoms. The number of pyridine rings is 1. The number of carbonyl (C=O) groups is 1. The molecule has 0 amide bonds. The first kappa shape index (κ1) is 13.8. The van der Waals surface area contributed by atoms with Gasteiger partial charge < -0.3 is 9.72 Å². The fraction of sp³-hybridized carbons (Fsp3) is 0. The van der Waals surface area contributed by atoms with Crippen LogP contribution in [0.4, 0.5) is 0 Å². The summed E-state index contributed by atoms with van der Waals surface area (Å²) in [5, 5.41) is 2.33. The topological polar surface area (TPSA) is 55.0 Å². The lowest BCUT2D eigenvalue weighted by Crippen LogP contribution is -2.08. The van der Waals surface area contributed by atoms with Crippen LogP contribution in [0.5, 0.6) is 5.75 Å². The molecule has 4 aromatic rings. The Labute approximate surface area is 136 Å². The number of aromatic amines is 1. The lowest BCUT2D eigenvalue weighted by Gasteiger charge is -2.04. The summed E-state index contributed by atoms with van der Waals surface area (Å²) in [4.78, 5) is 19.7. The van der Waals surface area contributed by atoms with E-state index in [9.17, 15) is 4.79 Å². The third kappa shape index (κ3) is 2.53. The third-order valence-corrected chi connectivity index (χ3v) is 3.89. The summed E-state index contributed by atoms with van der Waals surface area (Å²) in [5.41, 5.74) is 2.06. The molecule has 0 aliphatic rings. The number of nitrogens with one attached hydrogen (secondary N) is 1. The van der Waals surface area contributed by atoms with Crippen LogP contribution in [0, 0.1) is 0 Å². The fourth-order valence-electron chi connectivity index (χ4n) is 2.50. The van der Waals surface area contributed by atoms with Gasteiger partial charge in [-0.05, 0) is 36.4 Å². The van der Waals surface area contributed by atoms with E-state index in [4.69, 9.17) is 16.3 Å². The first-order valence-corrected chi connectivity index (χ1v) is 7.42. The molecule has 0 fully saturated rings. The number of esters is 1. The Bertz CT molecular complexity index is 1040. The van der Waals surface area contributed by atoms with Gasteiger partial charge in [0.1, 0.15) is 0 Å². The maximum absolute atomic E-state index is 12.4.